The zero-order valence-electron chi connectivity index (χ0n) is 14.5. The molecular formula is C20H22O5. The first-order valence-corrected chi connectivity index (χ1v) is 9.16. The molecule has 3 heterocycles. The third kappa shape index (κ3) is 1.74. The van der Waals surface area contributed by atoms with Gasteiger partial charge in [-0.25, -0.2) is 0 Å². The van der Waals surface area contributed by atoms with Crippen LogP contribution in [0, 0.1) is 16.7 Å². The van der Waals surface area contributed by atoms with Crippen LogP contribution in [0.15, 0.2) is 34.0 Å². The van der Waals surface area contributed by atoms with E-state index in [4.69, 9.17) is 13.9 Å². The summed E-state index contributed by atoms with van der Waals surface area (Å²) in [7, 11) is 0. The van der Waals surface area contributed by atoms with Crippen LogP contribution in [0.5, 0.6) is 0 Å². The number of cyclic esters (lactones) is 1. The second-order valence-electron chi connectivity index (χ2n) is 8.19. The average Bonchev–Trinajstić information content (AvgIpc) is 3.25. The van der Waals surface area contributed by atoms with Crippen molar-refractivity contribution in [1.82, 2.24) is 0 Å². The zero-order chi connectivity index (χ0) is 17.4. The van der Waals surface area contributed by atoms with E-state index in [1.807, 2.05) is 19.1 Å². The standard InChI is InChI=1S/C20H22O5/c1-11-9-14-16-12(5-3-7-19(16,2)17(21)24-14)20(11)10-15(25-18(20)22)13-6-4-8-23-13/h4,6,8,11,14-15H,3,5,7,9-10H2,1-2H3. The van der Waals surface area contributed by atoms with E-state index in [-0.39, 0.29) is 30.1 Å². The number of rotatable bonds is 1. The van der Waals surface area contributed by atoms with Gasteiger partial charge in [-0.1, -0.05) is 6.92 Å². The fourth-order valence-corrected chi connectivity index (χ4v) is 5.68. The molecule has 0 N–H and O–H groups in total. The van der Waals surface area contributed by atoms with Crippen LogP contribution in [0.4, 0.5) is 0 Å². The van der Waals surface area contributed by atoms with Gasteiger partial charge >= 0.3 is 11.9 Å². The highest BCUT2D eigenvalue weighted by molar-refractivity contribution is 5.89. The molecule has 1 spiro atoms. The monoisotopic (exact) mass is 342 g/mol. The van der Waals surface area contributed by atoms with E-state index in [1.165, 1.54) is 0 Å². The summed E-state index contributed by atoms with van der Waals surface area (Å²) in [5.74, 6) is 0.494. The van der Waals surface area contributed by atoms with E-state index in [0.29, 0.717) is 18.6 Å². The van der Waals surface area contributed by atoms with Crippen LogP contribution in [-0.4, -0.2) is 18.0 Å². The van der Waals surface area contributed by atoms with Crippen LogP contribution in [-0.2, 0) is 19.1 Å². The van der Waals surface area contributed by atoms with Crippen molar-refractivity contribution < 1.29 is 23.5 Å². The lowest BCUT2D eigenvalue weighted by Gasteiger charge is -2.45. The number of ether oxygens (including phenoxy) is 2. The number of esters is 2. The lowest BCUT2D eigenvalue weighted by atomic mass is 9.55. The van der Waals surface area contributed by atoms with Crippen LogP contribution in [0.25, 0.3) is 0 Å². The first-order chi connectivity index (χ1) is 12.0. The summed E-state index contributed by atoms with van der Waals surface area (Å²) < 4.78 is 17.0. The molecule has 5 nitrogen and oxygen atoms in total. The Balaban J connectivity index is 1.66. The van der Waals surface area contributed by atoms with Gasteiger partial charge in [0.15, 0.2) is 6.10 Å². The van der Waals surface area contributed by atoms with E-state index in [2.05, 4.69) is 6.92 Å². The van der Waals surface area contributed by atoms with Crippen LogP contribution in [0.3, 0.4) is 0 Å². The Morgan fingerprint density at radius 3 is 2.72 bits per heavy atom. The molecule has 0 bridgehead atoms. The third-order valence-corrected chi connectivity index (χ3v) is 6.97. The molecule has 2 aliphatic carbocycles. The number of hydrogen-bond donors (Lipinski definition) is 0. The Kier molecular flexibility index (Phi) is 2.91. The number of hydrogen-bond acceptors (Lipinski definition) is 5. The molecule has 1 aromatic rings. The lowest BCUT2D eigenvalue weighted by molar-refractivity contribution is -0.151. The molecule has 0 radical (unpaired) electrons. The Labute approximate surface area is 146 Å². The Morgan fingerprint density at radius 1 is 1.16 bits per heavy atom. The Hall–Kier alpha value is -2.04. The number of furan rings is 1. The predicted octanol–water partition coefficient (Wildman–Crippen LogP) is 3.71. The second-order valence-corrected chi connectivity index (χ2v) is 8.19. The average molecular weight is 342 g/mol. The SMILES string of the molecule is CC1CC2OC(=O)C3(C)CCCC(=C23)C12CC(c1ccco1)OC2=O. The largest absolute Gasteiger partial charge is 0.465 e. The number of fused-ring (bicyclic) bond motifs is 1. The van der Waals surface area contributed by atoms with Gasteiger partial charge in [-0.15, -0.1) is 0 Å². The first kappa shape index (κ1) is 15.2. The molecule has 0 amide bonds. The highest BCUT2D eigenvalue weighted by atomic mass is 16.6. The zero-order valence-corrected chi connectivity index (χ0v) is 14.5. The maximum absolute atomic E-state index is 13.1. The normalized spacial score (nSPS) is 42.6. The van der Waals surface area contributed by atoms with Crippen molar-refractivity contribution in [2.75, 3.05) is 0 Å². The summed E-state index contributed by atoms with van der Waals surface area (Å²) in [5.41, 5.74) is 1.00. The van der Waals surface area contributed by atoms with Gasteiger partial charge in [0.05, 0.1) is 17.1 Å². The molecule has 5 heteroatoms. The topological polar surface area (TPSA) is 65.7 Å². The van der Waals surface area contributed by atoms with Crippen LogP contribution < -0.4 is 0 Å². The first-order valence-electron chi connectivity index (χ1n) is 9.16. The van der Waals surface area contributed by atoms with E-state index < -0.39 is 10.8 Å². The van der Waals surface area contributed by atoms with E-state index in [9.17, 15) is 9.59 Å². The summed E-state index contributed by atoms with van der Waals surface area (Å²) in [6.07, 6.45) is 4.95. The molecule has 2 fully saturated rings. The maximum atomic E-state index is 13.1. The van der Waals surface area contributed by atoms with Crippen LogP contribution in [0.1, 0.15) is 57.8 Å². The quantitative estimate of drug-likeness (QED) is 0.575. The molecule has 0 aromatic carbocycles. The third-order valence-electron chi connectivity index (χ3n) is 6.97. The smallest absolute Gasteiger partial charge is 0.317 e. The van der Waals surface area contributed by atoms with Crippen molar-refractivity contribution >= 4 is 11.9 Å². The maximum Gasteiger partial charge on any atom is 0.317 e. The van der Waals surface area contributed by atoms with Crippen LogP contribution in [0.2, 0.25) is 0 Å². The van der Waals surface area contributed by atoms with Crippen molar-refractivity contribution in [3.8, 4) is 0 Å². The highest BCUT2D eigenvalue weighted by Crippen LogP contribution is 2.63. The number of carbonyl (C=O) groups is 2. The van der Waals surface area contributed by atoms with Gasteiger partial charge in [-0.05, 0) is 61.8 Å². The summed E-state index contributed by atoms with van der Waals surface area (Å²) in [5, 5.41) is 0. The van der Waals surface area contributed by atoms with Gasteiger partial charge in [-0.3, -0.25) is 9.59 Å². The van der Waals surface area contributed by atoms with Gasteiger partial charge in [-0.2, -0.15) is 0 Å². The van der Waals surface area contributed by atoms with Crippen molar-refractivity contribution in [2.24, 2.45) is 16.7 Å². The molecule has 1 aromatic heterocycles. The summed E-state index contributed by atoms with van der Waals surface area (Å²) in [6, 6.07) is 3.68. The van der Waals surface area contributed by atoms with E-state index in [1.54, 1.807) is 6.26 Å². The molecule has 5 rings (SSSR count). The molecule has 132 valence electrons. The molecule has 2 aliphatic heterocycles. The van der Waals surface area contributed by atoms with E-state index in [0.717, 1.165) is 30.4 Å². The Bertz CT molecular complexity index is 791. The molecule has 4 aliphatic rings. The molecule has 2 saturated heterocycles. The van der Waals surface area contributed by atoms with Gasteiger partial charge in [0.1, 0.15) is 11.9 Å². The second kappa shape index (κ2) is 4.77. The minimum Gasteiger partial charge on any atom is -0.465 e. The summed E-state index contributed by atoms with van der Waals surface area (Å²) in [4.78, 5) is 25.6. The van der Waals surface area contributed by atoms with Gasteiger partial charge in [0.25, 0.3) is 0 Å². The lowest BCUT2D eigenvalue weighted by Crippen LogP contribution is -2.45. The molecule has 25 heavy (non-hydrogen) atoms. The fraction of sp³-hybridized carbons (Fsp3) is 0.600. The van der Waals surface area contributed by atoms with Crippen LogP contribution >= 0.6 is 0 Å². The summed E-state index contributed by atoms with van der Waals surface area (Å²) in [6.45, 7) is 4.07. The van der Waals surface area contributed by atoms with Crippen molar-refractivity contribution in [3.05, 3.63) is 35.3 Å². The van der Waals surface area contributed by atoms with Gasteiger partial charge < -0.3 is 13.9 Å². The summed E-state index contributed by atoms with van der Waals surface area (Å²) >= 11 is 0. The number of carbonyl (C=O) groups excluding carboxylic acids is 2. The van der Waals surface area contributed by atoms with Crippen molar-refractivity contribution in [2.45, 2.75) is 58.2 Å². The van der Waals surface area contributed by atoms with Crippen molar-refractivity contribution in [3.63, 3.8) is 0 Å². The molecule has 0 saturated carbocycles. The molecule has 5 atom stereocenters. The molecule has 5 unspecified atom stereocenters. The van der Waals surface area contributed by atoms with Gasteiger partial charge in [0.2, 0.25) is 0 Å². The van der Waals surface area contributed by atoms with Crippen molar-refractivity contribution in [1.29, 1.82) is 0 Å². The van der Waals surface area contributed by atoms with Gasteiger partial charge in [0, 0.05) is 6.42 Å². The fourth-order valence-electron chi connectivity index (χ4n) is 5.68. The Morgan fingerprint density at radius 2 is 1.96 bits per heavy atom. The molecular weight excluding hydrogens is 320 g/mol. The van der Waals surface area contributed by atoms with E-state index >= 15 is 0 Å². The minimum absolute atomic E-state index is 0.0805. The minimum atomic E-state index is -0.640. The predicted molar refractivity (Wildman–Crippen MR) is 87.2 cm³/mol. The highest BCUT2D eigenvalue weighted by Gasteiger charge is 2.65.